The number of rotatable bonds is 3. The number of amides is 1. The molecule has 2 heterocycles. The lowest BCUT2D eigenvalue weighted by Crippen LogP contribution is -2.50. The second-order valence-electron chi connectivity index (χ2n) is 5.14. The summed E-state index contributed by atoms with van der Waals surface area (Å²) >= 11 is 7.03. The third-order valence-corrected chi connectivity index (χ3v) is 7.23. The predicted molar refractivity (Wildman–Crippen MR) is 90.4 cm³/mol. The molecule has 0 bridgehead atoms. The van der Waals surface area contributed by atoms with Crippen molar-refractivity contribution in [3.05, 3.63) is 52.4 Å². The molecular formula is C15H15ClN2O3S2. The number of thiophene rings is 1. The SMILES string of the molecule is O=C(c1ccc(Cl)cc1)N1CCN(S(=O)(=O)c2cccs2)CC1. The van der Waals surface area contributed by atoms with E-state index in [1.807, 2.05) is 0 Å². The zero-order valence-electron chi connectivity index (χ0n) is 12.2. The van der Waals surface area contributed by atoms with E-state index >= 15 is 0 Å². The van der Waals surface area contributed by atoms with Crippen LogP contribution in [-0.4, -0.2) is 49.7 Å². The lowest BCUT2D eigenvalue weighted by atomic mass is 10.2. The van der Waals surface area contributed by atoms with E-state index in [-0.39, 0.29) is 5.91 Å². The Morgan fingerprint density at radius 3 is 2.26 bits per heavy atom. The maximum Gasteiger partial charge on any atom is 0.253 e. The van der Waals surface area contributed by atoms with Gasteiger partial charge in [-0.3, -0.25) is 4.79 Å². The van der Waals surface area contributed by atoms with Gasteiger partial charge in [0.1, 0.15) is 4.21 Å². The molecule has 2 aromatic rings. The Hall–Kier alpha value is -1.41. The van der Waals surface area contributed by atoms with Crippen LogP contribution in [0.4, 0.5) is 0 Å². The molecular weight excluding hydrogens is 356 g/mol. The normalized spacial score (nSPS) is 16.5. The highest BCUT2D eigenvalue weighted by Crippen LogP contribution is 2.22. The highest BCUT2D eigenvalue weighted by Gasteiger charge is 2.30. The highest BCUT2D eigenvalue weighted by atomic mass is 35.5. The number of halogens is 1. The monoisotopic (exact) mass is 370 g/mol. The van der Waals surface area contributed by atoms with Gasteiger partial charge in [-0.15, -0.1) is 11.3 Å². The number of carbonyl (C=O) groups excluding carboxylic acids is 1. The Bertz CT molecular complexity index is 781. The van der Waals surface area contributed by atoms with E-state index in [0.29, 0.717) is 41.0 Å². The second-order valence-corrected chi connectivity index (χ2v) is 8.68. The molecule has 1 aliphatic rings. The van der Waals surface area contributed by atoms with Crippen LogP contribution in [0.3, 0.4) is 0 Å². The zero-order chi connectivity index (χ0) is 16.4. The van der Waals surface area contributed by atoms with Gasteiger partial charge in [0.2, 0.25) is 0 Å². The van der Waals surface area contributed by atoms with Crippen molar-refractivity contribution < 1.29 is 13.2 Å². The lowest BCUT2D eigenvalue weighted by molar-refractivity contribution is 0.0698. The maximum absolute atomic E-state index is 12.5. The van der Waals surface area contributed by atoms with E-state index in [9.17, 15) is 13.2 Å². The van der Waals surface area contributed by atoms with Crippen LogP contribution in [0, 0.1) is 0 Å². The van der Waals surface area contributed by atoms with E-state index in [1.165, 1.54) is 15.6 Å². The van der Waals surface area contributed by atoms with Gasteiger partial charge in [-0.25, -0.2) is 8.42 Å². The summed E-state index contributed by atoms with van der Waals surface area (Å²) in [4.78, 5) is 14.1. The molecule has 23 heavy (non-hydrogen) atoms. The molecule has 0 N–H and O–H groups in total. The summed E-state index contributed by atoms with van der Waals surface area (Å²) in [5, 5.41) is 2.32. The van der Waals surface area contributed by atoms with Crippen LogP contribution in [0.25, 0.3) is 0 Å². The number of sulfonamides is 1. The maximum atomic E-state index is 12.5. The first-order chi connectivity index (χ1) is 11.0. The van der Waals surface area contributed by atoms with Crippen molar-refractivity contribution in [2.24, 2.45) is 0 Å². The molecule has 0 atom stereocenters. The topological polar surface area (TPSA) is 57.7 Å². The average Bonchev–Trinajstić information content (AvgIpc) is 3.10. The van der Waals surface area contributed by atoms with Crippen LogP contribution in [-0.2, 0) is 10.0 Å². The molecule has 1 saturated heterocycles. The summed E-state index contributed by atoms with van der Waals surface area (Å²) in [7, 11) is -3.44. The summed E-state index contributed by atoms with van der Waals surface area (Å²) in [5.74, 6) is -0.102. The third-order valence-electron chi connectivity index (χ3n) is 3.71. The minimum absolute atomic E-state index is 0.102. The van der Waals surface area contributed by atoms with Gasteiger partial charge >= 0.3 is 0 Å². The van der Waals surface area contributed by atoms with Crippen molar-refractivity contribution in [3.8, 4) is 0 Å². The van der Waals surface area contributed by atoms with Crippen LogP contribution >= 0.6 is 22.9 Å². The van der Waals surface area contributed by atoms with Crippen LogP contribution in [0.15, 0.2) is 46.0 Å². The summed E-state index contributed by atoms with van der Waals surface area (Å²) in [5.41, 5.74) is 0.559. The second kappa shape index (κ2) is 6.60. The minimum Gasteiger partial charge on any atom is -0.336 e. The third kappa shape index (κ3) is 3.42. The van der Waals surface area contributed by atoms with E-state index in [1.54, 1.807) is 46.7 Å². The van der Waals surface area contributed by atoms with Gasteiger partial charge in [-0.2, -0.15) is 4.31 Å². The molecule has 0 aliphatic carbocycles. The largest absolute Gasteiger partial charge is 0.336 e. The van der Waals surface area contributed by atoms with Crippen molar-refractivity contribution in [1.29, 1.82) is 0 Å². The van der Waals surface area contributed by atoms with Gasteiger partial charge in [0, 0.05) is 36.8 Å². The number of carbonyl (C=O) groups is 1. The lowest BCUT2D eigenvalue weighted by Gasteiger charge is -2.33. The summed E-state index contributed by atoms with van der Waals surface area (Å²) < 4.78 is 26.7. The number of hydrogen-bond donors (Lipinski definition) is 0. The van der Waals surface area contributed by atoms with Crippen molar-refractivity contribution in [3.63, 3.8) is 0 Å². The summed E-state index contributed by atoms with van der Waals surface area (Å²) in [6, 6.07) is 10.0. The van der Waals surface area contributed by atoms with Gasteiger partial charge in [-0.1, -0.05) is 17.7 Å². The molecule has 5 nitrogen and oxygen atoms in total. The fourth-order valence-electron chi connectivity index (χ4n) is 2.44. The molecule has 0 saturated carbocycles. The van der Waals surface area contributed by atoms with Gasteiger partial charge in [0.05, 0.1) is 0 Å². The van der Waals surface area contributed by atoms with E-state index in [2.05, 4.69) is 0 Å². The summed E-state index contributed by atoms with van der Waals surface area (Å²) in [6.45, 7) is 1.37. The molecule has 1 amide bonds. The van der Waals surface area contributed by atoms with Crippen LogP contribution in [0.5, 0.6) is 0 Å². The molecule has 1 aliphatic heterocycles. The molecule has 3 rings (SSSR count). The first-order valence-electron chi connectivity index (χ1n) is 7.07. The number of benzene rings is 1. The predicted octanol–water partition coefficient (Wildman–Crippen LogP) is 2.55. The number of nitrogens with zero attached hydrogens (tertiary/aromatic N) is 2. The van der Waals surface area contributed by atoms with E-state index in [0.717, 1.165) is 0 Å². The Morgan fingerprint density at radius 1 is 1.04 bits per heavy atom. The van der Waals surface area contributed by atoms with Crippen molar-refractivity contribution in [2.75, 3.05) is 26.2 Å². The number of hydrogen-bond acceptors (Lipinski definition) is 4. The quantitative estimate of drug-likeness (QED) is 0.834. The number of piperazine rings is 1. The van der Waals surface area contributed by atoms with Gasteiger partial charge < -0.3 is 4.90 Å². The zero-order valence-corrected chi connectivity index (χ0v) is 14.6. The highest BCUT2D eigenvalue weighted by molar-refractivity contribution is 7.91. The van der Waals surface area contributed by atoms with E-state index < -0.39 is 10.0 Å². The van der Waals surface area contributed by atoms with Gasteiger partial charge in [-0.05, 0) is 35.7 Å². The molecule has 1 aromatic carbocycles. The molecule has 1 aromatic heterocycles. The molecule has 0 unspecified atom stereocenters. The van der Waals surface area contributed by atoms with Crippen molar-refractivity contribution in [1.82, 2.24) is 9.21 Å². The summed E-state index contributed by atoms with van der Waals surface area (Å²) in [6.07, 6.45) is 0. The molecule has 122 valence electrons. The molecule has 8 heteroatoms. The van der Waals surface area contributed by atoms with Crippen LogP contribution in [0.2, 0.25) is 5.02 Å². The molecule has 0 radical (unpaired) electrons. The van der Waals surface area contributed by atoms with Crippen LogP contribution < -0.4 is 0 Å². The van der Waals surface area contributed by atoms with Crippen molar-refractivity contribution >= 4 is 38.9 Å². The van der Waals surface area contributed by atoms with Gasteiger partial charge in [0.15, 0.2) is 0 Å². The van der Waals surface area contributed by atoms with E-state index in [4.69, 9.17) is 11.6 Å². The molecule has 0 spiro atoms. The average molecular weight is 371 g/mol. The van der Waals surface area contributed by atoms with Crippen LogP contribution in [0.1, 0.15) is 10.4 Å². The minimum atomic E-state index is -3.44. The fraction of sp³-hybridized carbons (Fsp3) is 0.267. The Kier molecular flexibility index (Phi) is 4.72. The molecule has 1 fully saturated rings. The smallest absolute Gasteiger partial charge is 0.253 e. The Balaban J connectivity index is 1.67. The van der Waals surface area contributed by atoms with Crippen molar-refractivity contribution in [2.45, 2.75) is 4.21 Å². The van der Waals surface area contributed by atoms with Gasteiger partial charge in [0.25, 0.3) is 15.9 Å². The Labute approximate surface area is 144 Å². The first kappa shape index (κ1) is 16.4. The standard InChI is InChI=1S/C15H15ClN2O3S2/c16-13-5-3-12(4-6-13)15(19)17-7-9-18(10-8-17)23(20,21)14-2-1-11-22-14/h1-6,11H,7-10H2. The fourth-order valence-corrected chi connectivity index (χ4v) is 5.14. The Morgan fingerprint density at radius 2 is 1.70 bits per heavy atom. The first-order valence-corrected chi connectivity index (χ1v) is 9.77.